The molecule has 5 heteroatoms. The van der Waals surface area contributed by atoms with E-state index in [0.717, 1.165) is 16.8 Å². The summed E-state index contributed by atoms with van der Waals surface area (Å²) in [6.07, 6.45) is 0. The third-order valence-electron chi connectivity index (χ3n) is 2.60. The number of aromatic nitrogens is 2. The minimum absolute atomic E-state index is 0.152. The van der Waals surface area contributed by atoms with Gasteiger partial charge in [0.1, 0.15) is 5.75 Å². The Morgan fingerprint density at radius 1 is 1.11 bits per heavy atom. The highest BCUT2D eigenvalue weighted by Gasteiger charge is 2.09. The average molecular weight is 274 g/mol. The van der Waals surface area contributed by atoms with Crippen LogP contribution in [-0.4, -0.2) is 9.97 Å². The van der Waals surface area contributed by atoms with Crippen LogP contribution in [-0.2, 0) is 0 Å². The molecule has 0 amide bonds. The molecule has 0 N–H and O–H groups in total. The lowest BCUT2D eigenvalue weighted by atomic mass is 10.1. The van der Waals surface area contributed by atoms with Gasteiger partial charge in [0, 0.05) is 11.8 Å². The number of ether oxygens (including phenoxy) is 1. The maximum atomic E-state index is 8.91. The van der Waals surface area contributed by atoms with Gasteiger partial charge in [0.15, 0.2) is 0 Å². The van der Waals surface area contributed by atoms with Crippen molar-refractivity contribution >= 4 is 11.6 Å². The first kappa shape index (κ1) is 13.3. The van der Waals surface area contributed by atoms with Gasteiger partial charge in [-0.3, -0.25) is 0 Å². The zero-order valence-corrected chi connectivity index (χ0v) is 11.6. The van der Waals surface area contributed by atoms with E-state index in [2.05, 4.69) is 16.0 Å². The molecule has 0 saturated heterocycles. The first-order chi connectivity index (χ1) is 8.99. The SMILES string of the molecule is Cc1cc(Oc2c(C)cc(C#N)cc2C)nc(Cl)n1. The van der Waals surface area contributed by atoms with Gasteiger partial charge in [-0.1, -0.05) is 0 Å². The van der Waals surface area contributed by atoms with E-state index in [1.165, 1.54) is 0 Å². The summed E-state index contributed by atoms with van der Waals surface area (Å²) in [4.78, 5) is 8.00. The van der Waals surface area contributed by atoms with Gasteiger partial charge in [-0.05, 0) is 55.6 Å². The van der Waals surface area contributed by atoms with Gasteiger partial charge < -0.3 is 4.74 Å². The topological polar surface area (TPSA) is 58.8 Å². The van der Waals surface area contributed by atoms with Crippen LogP contribution in [0.15, 0.2) is 18.2 Å². The third-order valence-corrected chi connectivity index (χ3v) is 2.77. The molecule has 1 heterocycles. The van der Waals surface area contributed by atoms with Gasteiger partial charge in [0.25, 0.3) is 0 Å². The molecule has 0 bridgehead atoms. The first-order valence-corrected chi connectivity index (χ1v) is 6.08. The van der Waals surface area contributed by atoms with E-state index in [1.807, 2.05) is 20.8 Å². The molecule has 0 saturated carbocycles. The van der Waals surface area contributed by atoms with Crippen LogP contribution in [0, 0.1) is 32.1 Å². The van der Waals surface area contributed by atoms with Crippen molar-refractivity contribution in [1.82, 2.24) is 9.97 Å². The predicted molar refractivity (Wildman–Crippen MR) is 72.5 cm³/mol. The molecule has 4 nitrogen and oxygen atoms in total. The standard InChI is InChI=1S/C14H12ClN3O/c1-8-4-11(7-16)5-9(2)13(8)19-12-6-10(3)17-14(15)18-12/h4-6H,1-3H3. The van der Waals surface area contributed by atoms with E-state index in [1.54, 1.807) is 18.2 Å². The summed E-state index contributed by atoms with van der Waals surface area (Å²) >= 11 is 5.80. The van der Waals surface area contributed by atoms with Crippen LogP contribution in [0.3, 0.4) is 0 Å². The number of rotatable bonds is 2. The van der Waals surface area contributed by atoms with Crippen molar-refractivity contribution in [3.8, 4) is 17.7 Å². The largest absolute Gasteiger partial charge is 0.438 e. The summed E-state index contributed by atoms with van der Waals surface area (Å²) in [5.41, 5.74) is 3.10. The van der Waals surface area contributed by atoms with Gasteiger partial charge in [-0.25, -0.2) is 4.98 Å². The molecular weight excluding hydrogens is 262 g/mol. The fourth-order valence-electron chi connectivity index (χ4n) is 1.84. The van der Waals surface area contributed by atoms with Crippen LogP contribution >= 0.6 is 11.6 Å². The number of hydrogen-bond acceptors (Lipinski definition) is 4. The Bertz CT molecular complexity index is 634. The lowest BCUT2D eigenvalue weighted by Gasteiger charge is -2.11. The van der Waals surface area contributed by atoms with Crippen LogP contribution < -0.4 is 4.74 Å². The minimum Gasteiger partial charge on any atom is -0.438 e. The van der Waals surface area contributed by atoms with Crippen molar-refractivity contribution in [2.45, 2.75) is 20.8 Å². The quantitative estimate of drug-likeness (QED) is 0.783. The fraction of sp³-hybridized carbons (Fsp3) is 0.214. The zero-order chi connectivity index (χ0) is 14.0. The summed E-state index contributed by atoms with van der Waals surface area (Å²) in [6, 6.07) is 7.38. The van der Waals surface area contributed by atoms with E-state index in [0.29, 0.717) is 17.2 Å². The maximum Gasteiger partial charge on any atom is 0.225 e. The molecule has 1 aromatic heterocycles. The molecule has 2 aromatic rings. The van der Waals surface area contributed by atoms with Crippen LogP contribution in [0.2, 0.25) is 5.28 Å². The Kier molecular flexibility index (Phi) is 3.68. The summed E-state index contributed by atoms with van der Waals surface area (Å²) in [5, 5.41) is 9.06. The summed E-state index contributed by atoms with van der Waals surface area (Å²) < 4.78 is 5.76. The summed E-state index contributed by atoms with van der Waals surface area (Å²) in [5.74, 6) is 1.08. The Morgan fingerprint density at radius 2 is 1.74 bits per heavy atom. The summed E-state index contributed by atoms with van der Waals surface area (Å²) in [7, 11) is 0. The summed E-state index contributed by atoms with van der Waals surface area (Å²) in [6.45, 7) is 5.59. The predicted octanol–water partition coefficient (Wildman–Crippen LogP) is 3.72. The number of benzene rings is 1. The fourth-order valence-corrected chi connectivity index (χ4v) is 2.05. The third kappa shape index (κ3) is 3.01. The van der Waals surface area contributed by atoms with Crippen LogP contribution in [0.1, 0.15) is 22.4 Å². The molecule has 0 fully saturated rings. The molecule has 0 aliphatic rings. The highest BCUT2D eigenvalue weighted by atomic mass is 35.5. The van der Waals surface area contributed by atoms with Gasteiger partial charge in [0.05, 0.1) is 11.6 Å². The molecule has 0 aliphatic heterocycles. The number of hydrogen-bond donors (Lipinski definition) is 0. The van der Waals surface area contributed by atoms with E-state index in [-0.39, 0.29) is 5.28 Å². The zero-order valence-electron chi connectivity index (χ0n) is 10.9. The van der Waals surface area contributed by atoms with Gasteiger partial charge in [-0.2, -0.15) is 10.2 Å². The smallest absolute Gasteiger partial charge is 0.225 e. The van der Waals surface area contributed by atoms with Crippen molar-refractivity contribution < 1.29 is 4.74 Å². The lowest BCUT2D eigenvalue weighted by molar-refractivity contribution is 0.454. The second-order valence-corrected chi connectivity index (χ2v) is 4.61. The lowest BCUT2D eigenvalue weighted by Crippen LogP contribution is -1.96. The molecule has 19 heavy (non-hydrogen) atoms. The second-order valence-electron chi connectivity index (χ2n) is 4.27. The van der Waals surface area contributed by atoms with Gasteiger partial charge in [0.2, 0.25) is 11.2 Å². The highest BCUT2D eigenvalue weighted by Crippen LogP contribution is 2.29. The molecule has 0 atom stereocenters. The first-order valence-electron chi connectivity index (χ1n) is 5.70. The Balaban J connectivity index is 2.41. The van der Waals surface area contributed by atoms with Crippen molar-refractivity contribution in [3.05, 3.63) is 45.9 Å². The van der Waals surface area contributed by atoms with Crippen molar-refractivity contribution in [2.24, 2.45) is 0 Å². The van der Waals surface area contributed by atoms with Crippen LogP contribution in [0.4, 0.5) is 0 Å². The van der Waals surface area contributed by atoms with Gasteiger partial charge in [-0.15, -0.1) is 0 Å². The monoisotopic (exact) mass is 273 g/mol. The maximum absolute atomic E-state index is 8.91. The molecule has 0 unspecified atom stereocenters. The van der Waals surface area contributed by atoms with E-state index < -0.39 is 0 Å². The van der Waals surface area contributed by atoms with E-state index >= 15 is 0 Å². The number of nitriles is 1. The van der Waals surface area contributed by atoms with E-state index in [9.17, 15) is 0 Å². The van der Waals surface area contributed by atoms with Crippen LogP contribution in [0.5, 0.6) is 11.6 Å². The van der Waals surface area contributed by atoms with Gasteiger partial charge >= 0.3 is 0 Å². The van der Waals surface area contributed by atoms with Crippen LogP contribution in [0.25, 0.3) is 0 Å². The Labute approximate surface area is 116 Å². The molecule has 2 rings (SSSR count). The van der Waals surface area contributed by atoms with Crippen molar-refractivity contribution in [2.75, 3.05) is 0 Å². The molecule has 0 aliphatic carbocycles. The number of halogens is 1. The number of nitrogens with zero attached hydrogens (tertiary/aromatic N) is 3. The second kappa shape index (κ2) is 5.25. The normalized spacial score (nSPS) is 10.1. The Morgan fingerprint density at radius 3 is 2.26 bits per heavy atom. The molecule has 96 valence electrons. The van der Waals surface area contributed by atoms with E-state index in [4.69, 9.17) is 21.6 Å². The minimum atomic E-state index is 0.152. The number of aryl methyl sites for hydroxylation is 3. The van der Waals surface area contributed by atoms with Crippen molar-refractivity contribution in [1.29, 1.82) is 5.26 Å². The highest BCUT2D eigenvalue weighted by molar-refractivity contribution is 6.28. The molecular formula is C14H12ClN3O. The Hall–Kier alpha value is -2.12. The molecule has 0 radical (unpaired) electrons. The molecule has 0 spiro atoms. The van der Waals surface area contributed by atoms with Crippen molar-refractivity contribution in [3.63, 3.8) is 0 Å². The molecule has 1 aromatic carbocycles. The average Bonchev–Trinajstić information content (AvgIpc) is 2.32.